The first-order valence-corrected chi connectivity index (χ1v) is 16.2. The third-order valence-corrected chi connectivity index (χ3v) is 10.0. The number of nitriles is 1. The molecule has 0 bridgehead atoms. The van der Waals surface area contributed by atoms with Crippen molar-refractivity contribution >= 4 is 51.7 Å². The molecule has 3 aliphatic heterocycles. The average Bonchev–Trinajstić information content (AvgIpc) is 3.62. The fourth-order valence-electron chi connectivity index (χ4n) is 7.06. The van der Waals surface area contributed by atoms with E-state index in [4.69, 9.17) is 0 Å². The molecule has 49 heavy (non-hydrogen) atoms. The number of piperidine rings is 1. The van der Waals surface area contributed by atoms with E-state index in [1.165, 1.54) is 0 Å². The molecule has 1 unspecified atom stereocenters. The fraction of sp³-hybridized carbons (Fsp3) is 0.270. The van der Waals surface area contributed by atoms with Crippen LogP contribution < -0.4 is 15.5 Å². The lowest BCUT2D eigenvalue weighted by atomic mass is 9.76. The Morgan fingerprint density at radius 1 is 0.980 bits per heavy atom. The van der Waals surface area contributed by atoms with Crippen molar-refractivity contribution in [3.05, 3.63) is 89.2 Å². The smallest absolute Gasteiger partial charge is 0.262 e. The number of fused-ring (bicyclic) bond motifs is 2. The Hall–Kier alpha value is -6.27. The second-order valence-corrected chi connectivity index (χ2v) is 12.9. The minimum atomic E-state index is -1.00. The Kier molecular flexibility index (Phi) is 7.04. The number of hydrogen-bond donors (Lipinski definition) is 2. The van der Waals surface area contributed by atoms with E-state index in [2.05, 4.69) is 38.5 Å². The number of nitrogens with zero attached hydrogens (tertiary/aromatic N) is 5. The Bertz CT molecular complexity index is 2230. The van der Waals surface area contributed by atoms with Gasteiger partial charge < -0.3 is 10.2 Å². The van der Waals surface area contributed by atoms with Crippen LogP contribution in [0.3, 0.4) is 0 Å². The number of amides is 5. The van der Waals surface area contributed by atoms with E-state index in [0.717, 1.165) is 27.8 Å². The van der Waals surface area contributed by atoms with Crippen molar-refractivity contribution in [3.63, 3.8) is 0 Å². The van der Waals surface area contributed by atoms with Gasteiger partial charge >= 0.3 is 0 Å². The van der Waals surface area contributed by atoms with Gasteiger partial charge in [0.25, 0.3) is 17.7 Å². The van der Waals surface area contributed by atoms with Crippen LogP contribution >= 0.6 is 0 Å². The van der Waals surface area contributed by atoms with Crippen molar-refractivity contribution in [2.45, 2.75) is 43.7 Å². The van der Waals surface area contributed by atoms with Crippen molar-refractivity contribution in [3.8, 4) is 17.9 Å². The molecule has 4 aromatic rings. The maximum absolute atomic E-state index is 13.7. The highest BCUT2D eigenvalue weighted by molar-refractivity contribution is 6.23. The van der Waals surface area contributed by atoms with E-state index in [0.29, 0.717) is 42.7 Å². The maximum Gasteiger partial charge on any atom is 0.262 e. The molecule has 1 aromatic heterocycles. The van der Waals surface area contributed by atoms with Crippen molar-refractivity contribution in [2.24, 2.45) is 5.92 Å². The van der Waals surface area contributed by atoms with Gasteiger partial charge in [-0.1, -0.05) is 36.1 Å². The van der Waals surface area contributed by atoms with Crippen LogP contribution in [-0.4, -0.2) is 63.3 Å². The van der Waals surface area contributed by atoms with E-state index in [1.54, 1.807) is 41.2 Å². The Morgan fingerprint density at radius 3 is 2.49 bits per heavy atom. The molecule has 3 aromatic carbocycles. The highest BCUT2D eigenvalue weighted by Crippen LogP contribution is 2.41. The highest BCUT2D eigenvalue weighted by Gasteiger charge is 2.47. The van der Waals surface area contributed by atoms with Crippen LogP contribution in [0.4, 0.5) is 11.4 Å². The number of benzene rings is 3. The molecule has 12 heteroatoms. The number of hydrogen-bond acceptors (Lipinski definition) is 8. The molecular formula is C37H29N7O5. The molecule has 1 atom stereocenters. The molecule has 5 amide bonds. The van der Waals surface area contributed by atoms with E-state index >= 15 is 0 Å². The van der Waals surface area contributed by atoms with Gasteiger partial charge in [-0.25, -0.2) is 0 Å². The molecule has 4 heterocycles. The van der Waals surface area contributed by atoms with Gasteiger partial charge in [0.1, 0.15) is 11.6 Å². The van der Waals surface area contributed by atoms with Gasteiger partial charge in [-0.15, -0.1) is 0 Å². The van der Waals surface area contributed by atoms with Gasteiger partial charge in [0, 0.05) is 47.9 Å². The first-order valence-electron chi connectivity index (χ1n) is 16.2. The van der Waals surface area contributed by atoms with Gasteiger partial charge in [-0.2, -0.15) is 10.4 Å². The quantitative estimate of drug-likeness (QED) is 0.246. The third kappa shape index (κ3) is 4.92. The van der Waals surface area contributed by atoms with E-state index in [-0.39, 0.29) is 35.8 Å². The van der Waals surface area contributed by atoms with E-state index < -0.39 is 35.2 Å². The Morgan fingerprint density at radius 2 is 1.76 bits per heavy atom. The molecule has 1 aliphatic carbocycles. The molecular weight excluding hydrogens is 622 g/mol. The molecule has 1 saturated carbocycles. The number of carbonyl (C=O) groups is 5. The lowest BCUT2D eigenvalue weighted by molar-refractivity contribution is -0.136. The average molecular weight is 652 g/mol. The Balaban J connectivity index is 0.924. The first kappa shape index (κ1) is 30.1. The summed E-state index contributed by atoms with van der Waals surface area (Å²) in [5.74, 6) is 4.29. The lowest BCUT2D eigenvalue weighted by Gasteiger charge is -2.40. The van der Waals surface area contributed by atoms with Crippen molar-refractivity contribution < 1.29 is 24.0 Å². The summed E-state index contributed by atoms with van der Waals surface area (Å²) in [5, 5.41) is 20.9. The number of nitrogens with one attached hydrogen (secondary N) is 2. The summed E-state index contributed by atoms with van der Waals surface area (Å²) in [4.78, 5) is 66.9. The summed E-state index contributed by atoms with van der Waals surface area (Å²) < 4.78 is 1.72. The molecule has 12 nitrogen and oxygen atoms in total. The van der Waals surface area contributed by atoms with Crippen LogP contribution in [0, 0.1) is 29.1 Å². The summed E-state index contributed by atoms with van der Waals surface area (Å²) in [7, 11) is 0. The van der Waals surface area contributed by atoms with Gasteiger partial charge in [0.05, 0.1) is 40.4 Å². The zero-order valence-electron chi connectivity index (χ0n) is 26.2. The summed E-state index contributed by atoms with van der Waals surface area (Å²) in [6, 6.07) is 17.3. The van der Waals surface area contributed by atoms with E-state index in [1.807, 2.05) is 30.5 Å². The zero-order chi connectivity index (χ0) is 33.9. The normalized spacial score (nSPS) is 19.7. The number of aromatic nitrogens is 2. The third-order valence-electron chi connectivity index (χ3n) is 10.0. The van der Waals surface area contributed by atoms with Crippen LogP contribution in [0.1, 0.15) is 63.9 Å². The number of imide groups is 2. The Labute approximate surface area is 280 Å². The summed E-state index contributed by atoms with van der Waals surface area (Å²) in [6.45, 7) is 1.26. The van der Waals surface area contributed by atoms with Crippen LogP contribution in [0.25, 0.3) is 10.8 Å². The minimum absolute atomic E-state index is 0.0690. The molecule has 2 N–H and O–H groups in total. The molecule has 4 aliphatic rings. The zero-order valence-corrected chi connectivity index (χ0v) is 26.2. The van der Waals surface area contributed by atoms with Gasteiger partial charge in [-0.05, 0) is 56.0 Å². The predicted molar refractivity (Wildman–Crippen MR) is 177 cm³/mol. The van der Waals surface area contributed by atoms with Crippen molar-refractivity contribution in [1.82, 2.24) is 20.0 Å². The molecule has 2 saturated heterocycles. The van der Waals surface area contributed by atoms with Crippen LogP contribution in [0.2, 0.25) is 0 Å². The fourth-order valence-corrected chi connectivity index (χ4v) is 7.06. The topological polar surface area (TPSA) is 158 Å². The van der Waals surface area contributed by atoms with Crippen molar-refractivity contribution in [1.29, 1.82) is 5.26 Å². The largest absolute Gasteiger partial charge is 0.369 e. The van der Waals surface area contributed by atoms with Crippen LogP contribution in [0.5, 0.6) is 0 Å². The summed E-state index contributed by atoms with van der Waals surface area (Å²) >= 11 is 0. The van der Waals surface area contributed by atoms with Crippen LogP contribution in [-0.2, 0) is 19.9 Å². The van der Waals surface area contributed by atoms with Gasteiger partial charge in [-0.3, -0.25) is 38.9 Å². The molecule has 0 spiro atoms. The van der Waals surface area contributed by atoms with Gasteiger partial charge in [0.15, 0.2) is 0 Å². The predicted octanol–water partition coefficient (Wildman–Crippen LogP) is 3.31. The minimum Gasteiger partial charge on any atom is -0.369 e. The highest BCUT2D eigenvalue weighted by atomic mass is 16.2. The molecule has 8 rings (SSSR count). The lowest BCUT2D eigenvalue weighted by Crippen LogP contribution is -2.54. The first-order chi connectivity index (χ1) is 23.8. The number of rotatable bonds is 5. The number of anilines is 2. The second kappa shape index (κ2) is 11.5. The second-order valence-electron chi connectivity index (χ2n) is 12.9. The molecule has 0 radical (unpaired) electrons. The maximum atomic E-state index is 13.7. The van der Waals surface area contributed by atoms with Crippen LogP contribution in [0.15, 0.2) is 67.0 Å². The standard InChI is InChI=1S/C37H29N7O5/c38-17-24-8-11-30(27-5-2-1-4-26(24)27)40-36(49)37(14-3-15-37)43-21-22(18-39-43)6-7-23-19-42(20-23)25-9-10-28-29(16-25)35(48)44(34(28)47)31-12-13-32(45)41-33(31)46/h1-2,4-5,8-11,16,18,21,23,31H,3,12-15,19-20H2,(H,40,49)(H,41,45,46). The number of carbonyl (C=O) groups excluding carboxylic acids is 5. The summed E-state index contributed by atoms with van der Waals surface area (Å²) in [6.07, 6.45) is 5.87. The van der Waals surface area contributed by atoms with Crippen molar-refractivity contribution in [2.75, 3.05) is 23.3 Å². The molecule has 3 fully saturated rings. The summed E-state index contributed by atoms with van der Waals surface area (Å²) in [5.41, 5.74) is 2.36. The SMILES string of the molecule is N#Cc1ccc(NC(=O)C2(n3cc(C#CC4CN(c5ccc6c(c5)C(=O)N(C5CCC(=O)NC5=O)C6=O)C4)cn3)CCC2)c2ccccc12. The van der Waals surface area contributed by atoms with Gasteiger partial charge in [0.2, 0.25) is 11.8 Å². The molecule has 242 valence electrons. The monoisotopic (exact) mass is 651 g/mol. The van der Waals surface area contributed by atoms with E-state index in [9.17, 15) is 29.2 Å².